The number of hydrogen-bond acceptors (Lipinski definition) is 3. The minimum Gasteiger partial charge on any atom is -0.381 e. The van der Waals surface area contributed by atoms with Crippen molar-refractivity contribution in [3.05, 3.63) is 29.1 Å². The molecule has 1 saturated heterocycles. The van der Waals surface area contributed by atoms with Crippen LogP contribution >= 0.6 is 0 Å². The number of aromatic nitrogens is 1. The number of ether oxygens (including phenoxy) is 1. The van der Waals surface area contributed by atoms with Crippen LogP contribution in [0.15, 0.2) is 12.1 Å². The zero-order valence-electron chi connectivity index (χ0n) is 12.3. The van der Waals surface area contributed by atoms with Crippen molar-refractivity contribution < 1.29 is 17.9 Å². The van der Waals surface area contributed by atoms with Gasteiger partial charge in [0, 0.05) is 24.8 Å². The normalized spacial score (nSPS) is 19.4. The van der Waals surface area contributed by atoms with E-state index in [9.17, 15) is 13.2 Å². The van der Waals surface area contributed by atoms with E-state index < -0.39 is 12.7 Å². The van der Waals surface area contributed by atoms with Crippen LogP contribution in [0.5, 0.6) is 0 Å². The van der Waals surface area contributed by atoms with E-state index in [-0.39, 0.29) is 18.4 Å². The van der Waals surface area contributed by atoms with Gasteiger partial charge in [-0.2, -0.15) is 13.2 Å². The molecule has 21 heavy (non-hydrogen) atoms. The lowest BCUT2D eigenvalue weighted by molar-refractivity contribution is -0.125. The summed E-state index contributed by atoms with van der Waals surface area (Å²) in [5, 5.41) is 2.44. The summed E-state index contributed by atoms with van der Waals surface area (Å²) in [7, 11) is 0. The highest BCUT2D eigenvalue weighted by Crippen LogP contribution is 2.28. The molecule has 0 amide bonds. The summed E-state index contributed by atoms with van der Waals surface area (Å²) in [4.78, 5) is 4.55. The van der Waals surface area contributed by atoms with Gasteiger partial charge in [-0.1, -0.05) is 19.9 Å². The molecule has 0 unspecified atom stereocenters. The molecule has 1 aliphatic heterocycles. The van der Waals surface area contributed by atoms with Crippen LogP contribution in [-0.4, -0.2) is 30.9 Å². The van der Waals surface area contributed by atoms with Crippen LogP contribution in [0.3, 0.4) is 0 Å². The van der Waals surface area contributed by atoms with E-state index in [1.54, 1.807) is 0 Å². The number of rotatable bonds is 5. The zero-order chi connectivity index (χ0) is 15.5. The van der Waals surface area contributed by atoms with Crippen LogP contribution in [-0.2, 0) is 11.3 Å². The summed E-state index contributed by atoms with van der Waals surface area (Å²) in [6, 6.07) is 3.96. The Morgan fingerprint density at radius 2 is 2.14 bits per heavy atom. The van der Waals surface area contributed by atoms with Crippen LogP contribution in [0.2, 0.25) is 0 Å². The fourth-order valence-electron chi connectivity index (χ4n) is 2.47. The molecule has 3 nitrogen and oxygen atoms in total. The summed E-state index contributed by atoms with van der Waals surface area (Å²) in [6.07, 6.45) is -3.30. The van der Waals surface area contributed by atoms with Crippen molar-refractivity contribution in [1.29, 1.82) is 0 Å². The first-order chi connectivity index (χ1) is 9.87. The van der Waals surface area contributed by atoms with Crippen molar-refractivity contribution in [2.45, 2.75) is 44.8 Å². The Kier molecular flexibility index (Phi) is 5.22. The van der Waals surface area contributed by atoms with Gasteiger partial charge in [0.05, 0.1) is 18.8 Å². The van der Waals surface area contributed by atoms with Crippen molar-refractivity contribution in [2.75, 3.05) is 19.8 Å². The lowest BCUT2D eigenvalue weighted by Crippen LogP contribution is -2.29. The van der Waals surface area contributed by atoms with E-state index >= 15 is 0 Å². The molecular weight excluding hydrogens is 281 g/mol. The molecule has 0 aliphatic carbocycles. The second-order valence-electron chi connectivity index (χ2n) is 5.71. The maximum Gasteiger partial charge on any atom is 0.401 e. The van der Waals surface area contributed by atoms with Crippen LogP contribution in [0.25, 0.3) is 0 Å². The second kappa shape index (κ2) is 6.75. The average Bonchev–Trinajstić information content (AvgIpc) is 2.90. The molecule has 118 valence electrons. The third kappa shape index (κ3) is 4.68. The predicted octanol–water partition coefficient (Wildman–Crippen LogP) is 3.36. The van der Waals surface area contributed by atoms with E-state index in [0.29, 0.717) is 18.9 Å². The Bertz CT molecular complexity index is 468. The van der Waals surface area contributed by atoms with Crippen molar-refractivity contribution in [3.8, 4) is 0 Å². The number of halogens is 3. The number of nitrogens with one attached hydrogen (secondary N) is 1. The molecule has 0 radical (unpaired) electrons. The molecule has 1 aliphatic rings. The van der Waals surface area contributed by atoms with Crippen LogP contribution in [0.4, 0.5) is 13.2 Å². The second-order valence-corrected chi connectivity index (χ2v) is 5.71. The predicted molar refractivity (Wildman–Crippen MR) is 74.3 cm³/mol. The Labute approximate surface area is 122 Å². The van der Waals surface area contributed by atoms with Crippen molar-refractivity contribution in [2.24, 2.45) is 0 Å². The molecule has 2 heterocycles. The van der Waals surface area contributed by atoms with Crippen molar-refractivity contribution in [3.63, 3.8) is 0 Å². The first kappa shape index (κ1) is 16.2. The standard InChI is InChI=1S/C15H21F3N2O/c1-10(2)13-4-3-12(11-5-6-21-8-11)14(20-13)7-19-9-15(16,17)18/h3-4,10-11,19H,5-9H2,1-2H3/t11-/m0/s1. The third-order valence-corrected chi connectivity index (χ3v) is 3.61. The van der Waals surface area contributed by atoms with Gasteiger partial charge in [0.25, 0.3) is 0 Å². The number of pyridine rings is 1. The highest BCUT2D eigenvalue weighted by atomic mass is 19.4. The molecule has 1 atom stereocenters. The Morgan fingerprint density at radius 3 is 2.71 bits per heavy atom. The number of alkyl halides is 3. The Hall–Kier alpha value is -1.14. The highest BCUT2D eigenvalue weighted by molar-refractivity contribution is 5.28. The van der Waals surface area contributed by atoms with Gasteiger partial charge >= 0.3 is 6.18 Å². The van der Waals surface area contributed by atoms with Gasteiger partial charge in [0.1, 0.15) is 0 Å². The summed E-state index contributed by atoms with van der Waals surface area (Å²) in [5.74, 6) is 0.488. The molecule has 1 aromatic heterocycles. The lowest BCUT2D eigenvalue weighted by Gasteiger charge is -2.17. The van der Waals surface area contributed by atoms with Gasteiger partial charge in [-0.3, -0.25) is 4.98 Å². The fraction of sp³-hybridized carbons (Fsp3) is 0.667. The summed E-state index contributed by atoms with van der Waals surface area (Å²) < 4.78 is 42.2. The number of nitrogens with zero attached hydrogens (tertiary/aromatic N) is 1. The fourth-order valence-corrected chi connectivity index (χ4v) is 2.47. The number of hydrogen-bond donors (Lipinski definition) is 1. The van der Waals surface area contributed by atoms with Gasteiger partial charge in [0.2, 0.25) is 0 Å². The molecule has 6 heteroatoms. The lowest BCUT2D eigenvalue weighted by atomic mass is 9.95. The van der Waals surface area contributed by atoms with E-state index in [1.165, 1.54) is 0 Å². The molecule has 0 bridgehead atoms. The first-order valence-electron chi connectivity index (χ1n) is 7.21. The van der Waals surface area contributed by atoms with Crippen LogP contribution < -0.4 is 5.32 Å². The minimum atomic E-state index is -4.20. The monoisotopic (exact) mass is 302 g/mol. The minimum absolute atomic E-state index is 0.131. The molecular formula is C15H21F3N2O. The maximum atomic E-state index is 12.3. The molecule has 1 fully saturated rings. The first-order valence-corrected chi connectivity index (χ1v) is 7.21. The smallest absolute Gasteiger partial charge is 0.381 e. The quantitative estimate of drug-likeness (QED) is 0.905. The van der Waals surface area contributed by atoms with Crippen LogP contribution in [0.1, 0.15) is 49.1 Å². The molecule has 0 spiro atoms. The third-order valence-electron chi connectivity index (χ3n) is 3.61. The molecule has 1 N–H and O–H groups in total. The van der Waals surface area contributed by atoms with E-state index in [4.69, 9.17) is 4.74 Å². The molecule has 1 aromatic rings. The van der Waals surface area contributed by atoms with Crippen molar-refractivity contribution in [1.82, 2.24) is 10.3 Å². The van der Waals surface area contributed by atoms with Gasteiger partial charge in [-0.05, 0) is 24.0 Å². The van der Waals surface area contributed by atoms with E-state index in [1.807, 2.05) is 26.0 Å². The van der Waals surface area contributed by atoms with Crippen LogP contribution in [0, 0.1) is 0 Å². The maximum absolute atomic E-state index is 12.3. The Morgan fingerprint density at radius 1 is 1.38 bits per heavy atom. The Balaban J connectivity index is 2.15. The highest BCUT2D eigenvalue weighted by Gasteiger charge is 2.27. The summed E-state index contributed by atoms with van der Waals surface area (Å²) >= 11 is 0. The summed E-state index contributed by atoms with van der Waals surface area (Å²) in [6.45, 7) is 4.50. The average molecular weight is 302 g/mol. The SMILES string of the molecule is CC(C)c1ccc([C@H]2CCOC2)c(CNCC(F)(F)F)n1. The largest absolute Gasteiger partial charge is 0.401 e. The van der Waals surface area contributed by atoms with Gasteiger partial charge in [0.15, 0.2) is 0 Å². The zero-order valence-corrected chi connectivity index (χ0v) is 12.3. The molecule has 0 aromatic carbocycles. The van der Waals surface area contributed by atoms with E-state index in [2.05, 4.69) is 10.3 Å². The van der Waals surface area contributed by atoms with E-state index in [0.717, 1.165) is 17.7 Å². The van der Waals surface area contributed by atoms with Crippen molar-refractivity contribution >= 4 is 0 Å². The summed E-state index contributed by atoms with van der Waals surface area (Å²) in [5.41, 5.74) is 2.62. The topological polar surface area (TPSA) is 34.1 Å². The van der Waals surface area contributed by atoms with Gasteiger partial charge in [-0.15, -0.1) is 0 Å². The van der Waals surface area contributed by atoms with Gasteiger partial charge in [-0.25, -0.2) is 0 Å². The van der Waals surface area contributed by atoms with Gasteiger partial charge < -0.3 is 10.1 Å². The molecule has 0 saturated carbocycles. The molecule has 2 rings (SSSR count).